The Bertz CT molecular complexity index is 864. The number of carbonyl (C=O) groups is 3. The number of aliphatic carboxylic acids is 2. The van der Waals surface area contributed by atoms with Gasteiger partial charge in [-0.25, -0.2) is 9.59 Å². The van der Waals surface area contributed by atoms with Gasteiger partial charge in [0.15, 0.2) is 0 Å². The molecule has 0 radical (unpaired) electrons. The number of carboxylic acids is 2. The van der Waals surface area contributed by atoms with Crippen molar-refractivity contribution in [1.29, 1.82) is 0 Å². The number of carboxylic acid groups (broad SMARTS) is 2. The van der Waals surface area contributed by atoms with E-state index in [0.717, 1.165) is 27.2 Å². The maximum atomic E-state index is 12.4. The van der Waals surface area contributed by atoms with Gasteiger partial charge >= 0.3 is 18.0 Å². The molecule has 146 valence electrons. The standard InChI is InChI=1S/C21H21NO6/c1-22(18(20(25)26)10-11-19(23)24)21(27)28-12-17-15-8-4-2-6-13(15)14-7-3-5-9-16(14)17/h2-9,17-18H,10-12H2,1H3,(H,23,24)(H,25,26). The monoisotopic (exact) mass is 383 g/mol. The Morgan fingerprint density at radius 1 is 1.00 bits per heavy atom. The molecular formula is C21H21NO6. The fraction of sp³-hybridized carbons (Fsp3) is 0.286. The number of hydrogen-bond donors (Lipinski definition) is 2. The van der Waals surface area contributed by atoms with Gasteiger partial charge in [-0.15, -0.1) is 0 Å². The van der Waals surface area contributed by atoms with Crippen molar-refractivity contribution >= 4 is 18.0 Å². The lowest BCUT2D eigenvalue weighted by Gasteiger charge is -2.24. The molecule has 7 nitrogen and oxygen atoms in total. The molecule has 2 N–H and O–H groups in total. The van der Waals surface area contributed by atoms with Crippen molar-refractivity contribution in [2.75, 3.05) is 13.7 Å². The Kier molecular flexibility index (Phi) is 5.63. The zero-order valence-electron chi connectivity index (χ0n) is 15.4. The molecule has 1 amide bonds. The molecular weight excluding hydrogens is 362 g/mol. The highest BCUT2D eigenvalue weighted by Gasteiger charge is 2.32. The van der Waals surface area contributed by atoms with Crippen LogP contribution in [0, 0.1) is 0 Å². The first-order valence-electron chi connectivity index (χ1n) is 8.92. The molecule has 0 spiro atoms. The minimum absolute atomic E-state index is 0.0719. The van der Waals surface area contributed by atoms with Crippen LogP contribution in [0.15, 0.2) is 48.5 Å². The summed E-state index contributed by atoms with van der Waals surface area (Å²) >= 11 is 0. The Balaban J connectivity index is 1.72. The molecule has 0 fully saturated rings. The molecule has 0 bridgehead atoms. The summed E-state index contributed by atoms with van der Waals surface area (Å²) < 4.78 is 5.42. The van der Waals surface area contributed by atoms with E-state index in [2.05, 4.69) is 0 Å². The van der Waals surface area contributed by atoms with Crippen molar-refractivity contribution in [2.45, 2.75) is 24.8 Å². The number of benzene rings is 2. The normalized spacial score (nSPS) is 13.3. The topological polar surface area (TPSA) is 104 Å². The van der Waals surface area contributed by atoms with E-state index in [1.165, 1.54) is 7.05 Å². The summed E-state index contributed by atoms with van der Waals surface area (Å²) in [5, 5.41) is 18.1. The van der Waals surface area contributed by atoms with Gasteiger partial charge in [0.25, 0.3) is 0 Å². The number of likely N-dealkylation sites (N-methyl/N-ethyl adjacent to an activating group) is 1. The summed E-state index contributed by atoms with van der Waals surface area (Å²) in [6.07, 6.45) is -1.33. The van der Waals surface area contributed by atoms with Crippen LogP contribution in [-0.4, -0.2) is 52.8 Å². The highest BCUT2D eigenvalue weighted by atomic mass is 16.6. The molecule has 0 saturated heterocycles. The van der Waals surface area contributed by atoms with Gasteiger partial charge in [0.1, 0.15) is 12.6 Å². The molecule has 2 aromatic carbocycles. The number of amides is 1. The number of fused-ring (bicyclic) bond motifs is 3. The summed E-state index contributed by atoms with van der Waals surface area (Å²) in [6, 6.07) is 14.5. The average Bonchev–Trinajstić information content (AvgIpc) is 2.99. The lowest BCUT2D eigenvalue weighted by atomic mass is 9.98. The maximum Gasteiger partial charge on any atom is 0.410 e. The molecule has 0 saturated carbocycles. The van der Waals surface area contributed by atoms with Gasteiger partial charge in [0, 0.05) is 19.4 Å². The van der Waals surface area contributed by atoms with Gasteiger partial charge in [-0.05, 0) is 28.7 Å². The lowest BCUT2D eigenvalue weighted by Crippen LogP contribution is -2.43. The van der Waals surface area contributed by atoms with Crippen molar-refractivity contribution in [3.8, 4) is 11.1 Å². The molecule has 1 aliphatic carbocycles. The third kappa shape index (κ3) is 3.83. The second kappa shape index (κ2) is 8.12. The number of carbonyl (C=O) groups excluding carboxylic acids is 1. The summed E-state index contributed by atoms with van der Waals surface area (Å²) in [7, 11) is 1.31. The van der Waals surface area contributed by atoms with Gasteiger partial charge in [-0.3, -0.25) is 9.69 Å². The van der Waals surface area contributed by atoms with E-state index in [9.17, 15) is 19.5 Å². The molecule has 1 unspecified atom stereocenters. The van der Waals surface area contributed by atoms with Crippen LogP contribution < -0.4 is 0 Å². The van der Waals surface area contributed by atoms with Crippen LogP contribution in [0.3, 0.4) is 0 Å². The summed E-state index contributed by atoms with van der Waals surface area (Å²) in [4.78, 5) is 35.5. The zero-order valence-corrected chi connectivity index (χ0v) is 15.4. The van der Waals surface area contributed by atoms with Crippen molar-refractivity contribution < 1.29 is 29.3 Å². The van der Waals surface area contributed by atoms with Gasteiger partial charge in [-0.1, -0.05) is 48.5 Å². The van der Waals surface area contributed by atoms with Crippen molar-refractivity contribution in [2.24, 2.45) is 0 Å². The third-order valence-corrected chi connectivity index (χ3v) is 5.01. The minimum atomic E-state index is -1.27. The molecule has 0 aliphatic heterocycles. The summed E-state index contributed by atoms with van der Waals surface area (Å²) in [5.74, 6) is -2.52. The van der Waals surface area contributed by atoms with E-state index in [-0.39, 0.29) is 25.4 Å². The molecule has 3 rings (SSSR count). The van der Waals surface area contributed by atoms with E-state index >= 15 is 0 Å². The van der Waals surface area contributed by atoms with E-state index in [1.54, 1.807) is 0 Å². The van der Waals surface area contributed by atoms with Gasteiger partial charge in [-0.2, -0.15) is 0 Å². The maximum absolute atomic E-state index is 12.4. The highest BCUT2D eigenvalue weighted by Crippen LogP contribution is 2.44. The van der Waals surface area contributed by atoms with Crippen LogP contribution in [0.2, 0.25) is 0 Å². The number of rotatable bonds is 7. The Morgan fingerprint density at radius 3 is 2.04 bits per heavy atom. The Morgan fingerprint density at radius 2 is 1.54 bits per heavy atom. The fourth-order valence-electron chi connectivity index (χ4n) is 3.57. The molecule has 7 heteroatoms. The SMILES string of the molecule is CN(C(=O)OCC1c2ccccc2-c2ccccc21)C(CCC(=O)O)C(=O)O. The number of nitrogens with zero attached hydrogens (tertiary/aromatic N) is 1. The van der Waals surface area contributed by atoms with Crippen LogP contribution >= 0.6 is 0 Å². The molecule has 1 atom stereocenters. The average molecular weight is 383 g/mol. The molecule has 1 aliphatic rings. The lowest BCUT2D eigenvalue weighted by molar-refractivity contribution is -0.143. The first-order valence-corrected chi connectivity index (χ1v) is 8.92. The predicted molar refractivity (Wildman–Crippen MR) is 101 cm³/mol. The van der Waals surface area contributed by atoms with Crippen molar-refractivity contribution in [3.63, 3.8) is 0 Å². The van der Waals surface area contributed by atoms with Crippen LogP contribution in [-0.2, 0) is 14.3 Å². The summed E-state index contributed by atoms with van der Waals surface area (Å²) in [6.45, 7) is 0.0719. The predicted octanol–water partition coefficient (Wildman–Crippen LogP) is 3.19. The first kappa shape index (κ1) is 19.4. The second-order valence-electron chi connectivity index (χ2n) is 6.70. The number of hydrogen-bond acceptors (Lipinski definition) is 4. The quantitative estimate of drug-likeness (QED) is 0.761. The fourth-order valence-corrected chi connectivity index (χ4v) is 3.57. The van der Waals surface area contributed by atoms with E-state index < -0.39 is 24.1 Å². The Labute approximate surface area is 162 Å². The Hall–Kier alpha value is -3.35. The molecule has 0 heterocycles. The molecule has 0 aromatic heterocycles. The van der Waals surface area contributed by atoms with Crippen LogP contribution in [0.4, 0.5) is 4.79 Å². The smallest absolute Gasteiger partial charge is 0.410 e. The highest BCUT2D eigenvalue weighted by molar-refractivity contribution is 5.81. The van der Waals surface area contributed by atoms with Crippen LogP contribution in [0.5, 0.6) is 0 Å². The first-order chi connectivity index (χ1) is 13.4. The van der Waals surface area contributed by atoms with Gasteiger partial charge in [0.2, 0.25) is 0 Å². The van der Waals surface area contributed by atoms with Crippen molar-refractivity contribution in [1.82, 2.24) is 4.90 Å². The molecule has 2 aromatic rings. The second-order valence-corrected chi connectivity index (χ2v) is 6.70. The minimum Gasteiger partial charge on any atom is -0.481 e. The van der Waals surface area contributed by atoms with E-state index in [4.69, 9.17) is 9.84 Å². The largest absolute Gasteiger partial charge is 0.481 e. The van der Waals surface area contributed by atoms with E-state index in [1.807, 2.05) is 48.5 Å². The van der Waals surface area contributed by atoms with Crippen LogP contribution in [0.1, 0.15) is 29.9 Å². The number of ether oxygens (including phenoxy) is 1. The zero-order chi connectivity index (χ0) is 20.3. The van der Waals surface area contributed by atoms with Crippen molar-refractivity contribution in [3.05, 3.63) is 59.7 Å². The van der Waals surface area contributed by atoms with Crippen LogP contribution in [0.25, 0.3) is 11.1 Å². The van der Waals surface area contributed by atoms with Gasteiger partial charge in [0.05, 0.1) is 0 Å². The van der Waals surface area contributed by atoms with Gasteiger partial charge < -0.3 is 14.9 Å². The third-order valence-electron chi connectivity index (χ3n) is 5.01. The van der Waals surface area contributed by atoms with E-state index in [0.29, 0.717) is 0 Å². The summed E-state index contributed by atoms with van der Waals surface area (Å²) in [5.41, 5.74) is 4.30. The molecule has 28 heavy (non-hydrogen) atoms.